The molecule has 0 radical (unpaired) electrons. The number of rotatable bonds is 4. The number of benzene rings is 2. The highest BCUT2D eigenvalue weighted by molar-refractivity contribution is 5.97. The molecule has 2 aromatic carbocycles. The van der Waals surface area contributed by atoms with Gasteiger partial charge in [0.15, 0.2) is 0 Å². The van der Waals surface area contributed by atoms with Gasteiger partial charge >= 0.3 is 5.97 Å². The zero-order valence-electron chi connectivity index (χ0n) is 16.1. The molecular formula is C22H23N3O3. The molecule has 2 heterocycles. The van der Waals surface area contributed by atoms with Gasteiger partial charge in [-0.05, 0) is 55.7 Å². The average molecular weight is 377 g/mol. The number of imidazole rings is 1. The fourth-order valence-corrected chi connectivity index (χ4v) is 3.73. The van der Waals surface area contributed by atoms with Crippen LogP contribution in [0.15, 0.2) is 42.5 Å². The summed E-state index contributed by atoms with van der Waals surface area (Å²) in [6.07, 6.45) is 2.15. The molecule has 6 heteroatoms. The number of aromatic nitrogens is 2. The van der Waals surface area contributed by atoms with Gasteiger partial charge in [0.05, 0.1) is 23.7 Å². The summed E-state index contributed by atoms with van der Waals surface area (Å²) in [4.78, 5) is 30.9. The number of hydrogen-bond acceptors (Lipinski definition) is 4. The Kier molecular flexibility index (Phi) is 4.86. The molecule has 1 aromatic heterocycles. The molecule has 0 aliphatic carbocycles. The van der Waals surface area contributed by atoms with Crippen molar-refractivity contribution >= 4 is 22.9 Å². The highest BCUT2D eigenvalue weighted by atomic mass is 16.5. The van der Waals surface area contributed by atoms with Gasteiger partial charge in [0.25, 0.3) is 5.91 Å². The minimum atomic E-state index is -0.346. The van der Waals surface area contributed by atoms with Crippen LogP contribution in [0.5, 0.6) is 0 Å². The van der Waals surface area contributed by atoms with E-state index in [1.54, 1.807) is 12.1 Å². The second kappa shape index (κ2) is 7.46. The molecule has 144 valence electrons. The first-order valence-electron chi connectivity index (χ1n) is 9.50. The first kappa shape index (κ1) is 18.2. The molecule has 1 aliphatic heterocycles. The molecule has 0 spiro atoms. The zero-order valence-corrected chi connectivity index (χ0v) is 16.1. The highest BCUT2D eigenvalue weighted by Gasteiger charge is 2.20. The summed E-state index contributed by atoms with van der Waals surface area (Å²) in [5.74, 6) is 0.630. The van der Waals surface area contributed by atoms with Crippen LogP contribution in [0.3, 0.4) is 0 Å². The van der Waals surface area contributed by atoms with Crippen molar-refractivity contribution in [2.24, 2.45) is 0 Å². The number of carbonyl (C=O) groups is 2. The molecule has 0 saturated carbocycles. The second-order valence-electron chi connectivity index (χ2n) is 7.14. The third kappa shape index (κ3) is 3.38. The number of carbonyl (C=O) groups excluding carboxylic acids is 2. The van der Waals surface area contributed by atoms with E-state index in [-0.39, 0.29) is 11.9 Å². The second-order valence-corrected chi connectivity index (χ2v) is 7.14. The molecule has 0 atom stereocenters. The summed E-state index contributed by atoms with van der Waals surface area (Å²) in [7, 11) is 1.37. The van der Waals surface area contributed by atoms with E-state index >= 15 is 0 Å². The predicted octanol–water partition coefficient (Wildman–Crippen LogP) is 3.42. The molecule has 1 amide bonds. The Bertz CT molecular complexity index is 1030. The highest BCUT2D eigenvalue weighted by Crippen LogP contribution is 2.22. The summed E-state index contributed by atoms with van der Waals surface area (Å²) in [5.41, 5.74) is 4.10. The maximum Gasteiger partial charge on any atom is 0.337 e. The van der Waals surface area contributed by atoms with Gasteiger partial charge in [0.1, 0.15) is 5.82 Å². The van der Waals surface area contributed by atoms with Crippen molar-refractivity contribution in [1.29, 1.82) is 0 Å². The summed E-state index contributed by atoms with van der Waals surface area (Å²) in [5, 5.41) is 0. The van der Waals surface area contributed by atoms with Gasteiger partial charge in [-0.3, -0.25) is 4.79 Å². The quantitative estimate of drug-likeness (QED) is 0.654. The first-order chi connectivity index (χ1) is 13.6. The Balaban J connectivity index is 1.64. The van der Waals surface area contributed by atoms with E-state index in [0.29, 0.717) is 17.7 Å². The SMILES string of the molecule is COC(=O)c1ccc(Cn2c(C)nc3ccc(C(=O)N4CCCC4)cc32)cc1. The lowest BCUT2D eigenvalue weighted by Gasteiger charge is -2.15. The van der Waals surface area contributed by atoms with Crippen molar-refractivity contribution in [3.05, 3.63) is 65.0 Å². The van der Waals surface area contributed by atoms with E-state index in [1.807, 2.05) is 42.2 Å². The predicted molar refractivity (Wildman–Crippen MR) is 106 cm³/mol. The van der Waals surface area contributed by atoms with E-state index in [2.05, 4.69) is 9.55 Å². The number of nitrogens with zero attached hydrogens (tertiary/aromatic N) is 3. The summed E-state index contributed by atoms with van der Waals surface area (Å²) in [6, 6.07) is 13.1. The fraction of sp³-hybridized carbons (Fsp3) is 0.318. The van der Waals surface area contributed by atoms with Crippen molar-refractivity contribution in [1.82, 2.24) is 14.5 Å². The number of ether oxygens (including phenoxy) is 1. The maximum absolute atomic E-state index is 12.7. The van der Waals surface area contributed by atoms with Crippen molar-refractivity contribution in [3.8, 4) is 0 Å². The van der Waals surface area contributed by atoms with Gasteiger partial charge in [-0.15, -0.1) is 0 Å². The molecule has 0 unspecified atom stereocenters. The molecule has 4 rings (SSSR count). The summed E-state index contributed by atoms with van der Waals surface area (Å²) < 4.78 is 6.85. The third-order valence-corrected chi connectivity index (χ3v) is 5.30. The summed E-state index contributed by atoms with van der Waals surface area (Å²) in [6.45, 7) is 4.25. The third-order valence-electron chi connectivity index (χ3n) is 5.30. The standard InChI is InChI=1S/C22H23N3O3/c1-15-23-19-10-9-18(21(26)24-11-3-4-12-24)13-20(19)25(15)14-16-5-7-17(8-6-16)22(27)28-2/h5-10,13H,3-4,11-12,14H2,1-2H3. The number of fused-ring (bicyclic) bond motifs is 1. The van der Waals surface area contributed by atoms with E-state index < -0.39 is 0 Å². The Morgan fingerprint density at radius 1 is 1.04 bits per heavy atom. The number of amides is 1. The Morgan fingerprint density at radius 3 is 2.39 bits per heavy atom. The topological polar surface area (TPSA) is 64.4 Å². The molecule has 1 aliphatic rings. The van der Waals surface area contributed by atoms with E-state index in [9.17, 15) is 9.59 Å². The van der Waals surface area contributed by atoms with Gasteiger partial charge in [0, 0.05) is 25.2 Å². The number of hydrogen-bond donors (Lipinski definition) is 0. The number of esters is 1. The van der Waals surface area contributed by atoms with Gasteiger partial charge in [-0.2, -0.15) is 0 Å². The molecule has 1 saturated heterocycles. The Labute approximate surface area is 163 Å². The zero-order chi connectivity index (χ0) is 19.7. The molecule has 1 fully saturated rings. The van der Waals surface area contributed by atoms with Crippen LogP contribution in [0.25, 0.3) is 11.0 Å². The van der Waals surface area contributed by atoms with Gasteiger partial charge in [-0.1, -0.05) is 12.1 Å². The minimum absolute atomic E-state index is 0.0900. The average Bonchev–Trinajstić information content (AvgIpc) is 3.36. The van der Waals surface area contributed by atoms with Crippen LogP contribution in [-0.2, 0) is 11.3 Å². The monoisotopic (exact) mass is 377 g/mol. The molecule has 0 N–H and O–H groups in total. The van der Waals surface area contributed by atoms with Gasteiger partial charge in [-0.25, -0.2) is 9.78 Å². The number of methoxy groups -OCH3 is 1. The Morgan fingerprint density at radius 2 is 1.71 bits per heavy atom. The van der Waals surface area contributed by atoms with Crippen LogP contribution in [0.2, 0.25) is 0 Å². The lowest BCUT2D eigenvalue weighted by molar-refractivity contribution is 0.0600. The lowest BCUT2D eigenvalue weighted by Crippen LogP contribution is -2.27. The van der Waals surface area contributed by atoms with Crippen molar-refractivity contribution in [3.63, 3.8) is 0 Å². The van der Waals surface area contributed by atoms with E-state index in [0.717, 1.165) is 48.4 Å². The van der Waals surface area contributed by atoms with Crippen LogP contribution >= 0.6 is 0 Å². The van der Waals surface area contributed by atoms with E-state index in [4.69, 9.17) is 4.74 Å². The van der Waals surface area contributed by atoms with Crippen LogP contribution in [0.1, 0.15) is 44.9 Å². The first-order valence-corrected chi connectivity index (χ1v) is 9.50. The van der Waals surface area contributed by atoms with Crippen molar-refractivity contribution in [2.75, 3.05) is 20.2 Å². The Hall–Kier alpha value is -3.15. The number of likely N-dealkylation sites (tertiary alicyclic amines) is 1. The molecule has 0 bridgehead atoms. The van der Waals surface area contributed by atoms with Crippen molar-refractivity contribution < 1.29 is 14.3 Å². The normalized spacial score (nSPS) is 13.9. The lowest BCUT2D eigenvalue weighted by atomic mass is 10.1. The molecule has 28 heavy (non-hydrogen) atoms. The molecule has 6 nitrogen and oxygen atoms in total. The van der Waals surface area contributed by atoms with Crippen molar-refractivity contribution in [2.45, 2.75) is 26.3 Å². The summed E-state index contributed by atoms with van der Waals surface area (Å²) >= 11 is 0. The van der Waals surface area contributed by atoms with Gasteiger partial charge in [0.2, 0.25) is 0 Å². The molecule has 3 aromatic rings. The van der Waals surface area contributed by atoms with Crippen LogP contribution in [-0.4, -0.2) is 46.5 Å². The van der Waals surface area contributed by atoms with Crippen LogP contribution in [0.4, 0.5) is 0 Å². The fourth-order valence-electron chi connectivity index (χ4n) is 3.73. The smallest absolute Gasteiger partial charge is 0.337 e. The molecular weight excluding hydrogens is 354 g/mol. The largest absolute Gasteiger partial charge is 0.465 e. The van der Waals surface area contributed by atoms with E-state index in [1.165, 1.54) is 7.11 Å². The minimum Gasteiger partial charge on any atom is -0.465 e. The van der Waals surface area contributed by atoms with Crippen LogP contribution < -0.4 is 0 Å². The maximum atomic E-state index is 12.7. The van der Waals surface area contributed by atoms with Gasteiger partial charge < -0.3 is 14.2 Å². The number of aryl methyl sites for hydroxylation is 1. The van der Waals surface area contributed by atoms with Crippen LogP contribution in [0, 0.1) is 6.92 Å².